The first-order chi connectivity index (χ1) is 18.4. The molecule has 0 aliphatic carbocycles. The fourth-order valence-corrected chi connectivity index (χ4v) is 6.50. The maximum atomic E-state index is 13.8. The Balaban J connectivity index is 1.58. The predicted molar refractivity (Wildman–Crippen MR) is 156 cm³/mol. The standard InChI is InChI=1S/C30H33N3O3S2/c1-19(2)36-29(35)26-20(3)31-30-33(27(26)22-10-14-24(37-4)15-11-22)28(34)25(38-30)18-21-8-12-23(13-9-21)32-16-6-5-7-17-32/h8-15,18-19,27H,5-7,16-17H2,1-4H3/b25-18-/t27-/m0/s1. The highest BCUT2D eigenvalue weighted by molar-refractivity contribution is 7.98. The minimum Gasteiger partial charge on any atom is -0.459 e. The summed E-state index contributed by atoms with van der Waals surface area (Å²) in [5.74, 6) is -0.442. The van der Waals surface area contributed by atoms with Crippen molar-refractivity contribution in [2.45, 2.75) is 57.1 Å². The summed E-state index contributed by atoms with van der Waals surface area (Å²) in [5.41, 5.74) is 3.86. The van der Waals surface area contributed by atoms with Crippen LogP contribution in [0.5, 0.6) is 0 Å². The van der Waals surface area contributed by atoms with E-state index in [1.165, 1.54) is 36.3 Å². The van der Waals surface area contributed by atoms with Gasteiger partial charge in [-0.1, -0.05) is 35.6 Å². The second kappa shape index (κ2) is 11.3. The quantitative estimate of drug-likeness (QED) is 0.325. The number of anilines is 1. The summed E-state index contributed by atoms with van der Waals surface area (Å²) in [6.07, 6.45) is 7.43. The molecule has 0 spiro atoms. The molecule has 198 valence electrons. The number of thiazole rings is 1. The zero-order valence-electron chi connectivity index (χ0n) is 22.3. The number of carbonyl (C=O) groups is 1. The van der Waals surface area contributed by atoms with Gasteiger partial charge in [0.1, 0.15) is 0 Å². The lowest BCUT2D eigenvalue weighted by atomic mass is 9.96. The summed E-state index contributed by atoms with van der Waals surface area (Å²) in [6.45, 7) is 7.65. The van der Waals surface area contributed by atoms with Crippen LogP contribution in [0.4, 0.5) is 5.69 Å². The molecular formula is C30H33N3O3S2. The van der Waals surface area contributed by atoms with E-state index >= 15 is 0 Å². The summed E-state index contributed by atoms with van der Waals surface area (Å²) in [6, 6.07) is 15.8. The molecule has 0 bridgehead atoms. The number of ether oxygens (including phenoxy) is 1. The first-order valence-corrected chi connectivity index (χ1v) is 15.1. The highest BCUT2D eigenvalue weighted by Crippen LogP contribution is 2.32. The predicted octanol–water partition coefficient (Wildman–Crippen LogP) is 4.90. The SMILES string of the molecule is CSc1ccc([C@H]2C(C(=O)OC(C)C)=C(C)N=c3s/c(=C\c4ccc(N5CCCCC5)cc4)c(=O)n32)cc1. The lowest BCUT2D eigenvalue weighted by Crippen LogP contribution is -2.40. The number of nitrogens with zero attached hydrogens (tertiary/aromatic N) is 3. The van der Waals surface area contributed by atoms with Gasteiger partial charge < -0.3 is 9.64 Å². The molecule has 0 unspecified atom stereocenters. The van der Waals surface area contributed by atoms with E-state index in [2.05, 4.69) is 29.2 Å². The Morgan fingerprint density at radius 1 is 1.08 bits per heavy atom. The van der Waals surface area contributed by atoms with E-state index < -0.39 is 12.0 Å². The number of fused-ring (bicyclic) bond motifs is 1. The molecule has 0 N–H and O–H groups in total. The van der Waals surface area contributed by atoms with E-state index in [1.54, 1.807) is 16.3 Å². The van der Waals surface area contributed by atoms with Crippen molar-refractivity contribution in [3.05, 3.63) is 90.6 Å². The molecule has 2 aliphatic rings. The first kappa shape index (κ1) is 26.5. The molecule has 8 heteroatoms. The van der Waals surface area contributed by atoms with E-state index in [0.29, 0.717) is 20.6 Å². The third kappa shape index (κ3) is 5.38. The molecule has 0 amide bonds. The molecule has 2 aliphatic heterocycles. The molecule has 1 saturated heterocycles. The van der Waals surface area contributed by atoms with Gasteiger partial charge in [-0.25, -0.2) is 9.79 Å². The van der Waals surface area contributed by atoms with E-state index in [4.69, 9.17) is 9.73 Å². The third-order valence-electron chi connectivity index (χ3n) is 6.93. The molecule has 6 nitrogen and oxygen atoms in total. The highest BCUT2D eigenvalue weighted by Gasteiger charge is 2.33. The Labute approximate surface area is 231 Å². The lowest BCUT2D eigenvalue weighted by molar-refractivity contribution is -0.143. The molecule has 1 atom stereocenters. The van der Waals surface area contributed by atoms with Crippen LogP contribution in [0.2, 0.25) is 0 Å². The van der Waals surface area contributed by atoms with Crippen LogP contribution >= 0.6 is 23.1 Å². The minimum atomic E-state index is -0.600. The lowest BCUT2D eigenvalue weighted by Gasteiger charge is -2.28. The van der Waals surface area contributed by atoms with E-state index in [-0.39, 0.29) is 11.7 Å². The van der Waals surface area contributed by atoms with Crippen molar-refractivity contribution < 1.29 is 9.53 Å². The van der Waals surface area contributed by atoms with E-state index in [9.17, 15) is 9.59 Å². The Bertz CT molecular complexity index is 1530. The van der Waals surface area contributed by atoms with Crippen molar-refractivity contribution in [1.29, 1.82) is 0 Å². The number of aromatic nitrogens is 1. The molecule has 1 aromatic heterocycles. The van der Waals surface area contributed by atoms with Crippen LogP contribution in [-0.2, 0) is 9.53 Å². The topological polar surface area (TPSA) is 63.9 Å². The van der Waals surface area contributed by atoms with Crippen LogP contribution in [0.15, 0.2) is 74.5 Å². The van der Waals surface area contributed by atoms with Gasteiger partial charge in [-0.3, -0.25) is 9.36 Å². The number of hydrogen-bond donors (Lipinski definition) is 0. The third-order valence-corrected chi connectivity index (χ3v) is 8.65. The Kier molecular flexibility index (Phi) is 7.91. The van der Waals surface area contributed by atoms with Crippen molar-refractivity contribution in [3.63, 3.8) is 0 Å². The average molecular weight is 548 g/mol. The largest absolute Gasteiger partial charge is 0.459 e. The van der Waals surface area contributed by atoms with Gasteiger partial charge >= 0.3 is 5.97 Å². The zero-order chi connectivity index (χ0) is 26.8. The fourth-order valence-electron chi connectivity index (χ4n) is 5.05. The van der Waals surface area contributed by atoms with Gasteiger partial charge in [-0.2, -0.15) is 0 Å². The average Bonchev–Trinajstić information content (AvgIpc) is 3.22. The van der Waals surface area contributed by atoms with Gasteiger partial charge in [0, 0.05) is 23.7 Å². The number of thioether (sulfide) groups is 1. The van der Waals surface area contributed by atoms with Crippen LogP contribution < -0.4 is 19.8 Å². The van der Waals surface area contributed by atoms with Crippen molar-refractivity contribution in [3.8, 4) is 0 Å². The summed E-state index contributed by atoms with van der Waals surface area (Å²) in [4.78, 5) is 35.9. The van der Waals surface area contributed by atoms with Crippen LogP contribution in [0.25, 0.3) is 6.08 Å². The van der Waals surface area contributed by atoms with Crippen LogP contribution in [0.1, 0.15) is 57.2 Å². The summed E-state index contributed by atoms with van der Waals surface area (Å²) < 4.78 is 7.83. The number of rotatable bonds is 6. The number of allylic oxidation sites excluding steroid dienone is 1. The van der Waals surface area contributed by atoms with Gasteiger partial charge in [0.2, 0.25) is 0 Å². The van der Waals surface area contributed by atoms with Gasteiger partial charge in [0.05, 0.1) is 27.9 Å². The maximum absolute atomic E-state index is 13.8. The fraction of sp³-hybridized carbons (Fsp3) is 0.367. The molecule has 3 aromatic rings. The van der Waals surface area contributed by atoms with E-state index in [1.807, 2.05) is 57.4 Å². The van der Waals surface area contributed by atoms with Crippen LogP contribution in [0, 0.1) is 0 Å². The summed E-state index contributed by atoms with van der Waals surface area (Å²) in [7, 11) is 0. The van der Waals surface area contributed by atoms with Gasteiger partial charge in [0.15, 0.2) is 4.80 Å². The monoisotopic (exact) mass is 547 g/mol. The highest BCUT2D eigenvalue weighted by atomic mass is 32.2. The molecule has 0 saturated carbocycles. The van der Waals surface area contributed by atoms with Crippen molar-refractivity contribution >= 4 is 40.8 Å². The molecular weight excluding hydrogens is 514 g/mol. The van der Waals surface area contributed by atoms with Crippen molar-refractivity contribution in [1.82, 2.24) is 4.57 Å². The molecule has 0 radical (unpaired) electrons. The molecule has 1 fully saturated rings. The Morgan fingerprint density at radius 2 is 1.76 bits per heavy atom. The molecule has 38 heavy (non-hydrogen) atoms. The number of benzene rings is 2. The minimum absolute atomic E-state index is 0.157. The maximum Gasteiger partial charge on any atom is 0.338 e. The summed E-state index contributed by atoms with van der Waals surface area (Å²) >= 11 is 3.00. The molecule has 3 heterocycles. The second-order valence-electron chi connectivity index (χ2n) is 9.95. The second-order valence-corrected chi connectivity index (χ2v) is 11.8. The first-order valence-electron chi connectivity index (χ1n) is 13.1. The Hall–Kier alpha value is -3.10. The molecule has 2 aromatic carbocycles. The van der Waals surface area contributed by atoms with Gasteiger partial charge in [0.25, 0.3) is 5.56 Å². The summed E-state index contributed by atoms with van der Waals surface area (Å²) in [5, 5.41) is 0. The molecule has 5 rings (SSSR count). The van der Waals surface area contributed by atoms with Crippen molar-refractivity contribution in [2.75, 3.05) is 24.2 Å². The number of hydrogen-bond acceptors (Lipinski definition) is 7. The Morgan fingerprint density at radius 3 is 2.39 bits per heavy atom. The van der Waals surface area contributed by atoms with Gasteiger partial charge in [-0.05, 0) is 87.8 Å². The number of piperidine rings is 1. The normalized spacial score (nSPS) is 18.0. The van der Waals surface area contributed by atoms with Crippen LogP contribution in [0.3, 0.4) is 0 Å². The van der Waals surface area contributed by atoms with Crippen LogP contribution in [-0.4, -0.2) is 36.0 Å². The number of esters is 1. The number of carbonyl (C=O) groups excluding carboxylic acids is 1. The smallest absolute Gasteiger partial charge is 0.338 e. The zero-order valence-corrected chi connectivity index (χ0v) is 23.9. The van der Waals surface area contributed by atoms with E-state index in [0.717, 1.165) is 29.1 Å². The van der Waals surface area contributed by atoms with Crippen molar-refractivity contribution in [2.24, 2.45) is 4.99 Å². The van der Waals surface area contributed by atoms with Gasteiger partial charge in [-0.15, -0.1) is 11.8 Å².